The second kappa shape index (κ2) is 5.84. The van der Waals surface area contributed by atoms with E-state index in [9.17, 15) is 4.79 Å². The fraction of sp³-hybridized carbons (Fsp3) is 0.750. The molecule has 0 saturated carbocycles. The molecule has 1 fully saturated rings. The van der Waals surface area contributed by atoms with E-state index in [4.69, 9.17) is 4.74 Å². The largest absolute Gasteiger partial charge is 0.465 e. The van der Waals surface area contributed by atoms with E-state index in [-0.39, 0.29) is 11.9 Å². The lowest BCUT2D eigenvalue weighted by Crippen LogP contribution is -2.07. The summed E-state index contributed by atoms with van der Waals surface area (Å²) >= 11 is 0. The predicted octanol–water partition coefficient (Wildman–Crippen LogP) is 3.08. The summed E-state index contributed by atoms with van der Waals surface area (Å²) in [6.45, 7) is 4.92. The standard InChI is InChI=1S/C12H20O2/c1-3-4-5-6-10(2)9-11-7-8-14-12(11)13/h6,11H,3-5,7-9H2,1-2H3/b10-6+. The average Bonchev–Trinajstić information content (AvgIpc) is 2.52. The summed E-state index contributed by atoms with van der Waals surface area (Å²) in [5.74, 6) is 0.126. The third kappa shape index (κ3) is 3.52. The normalized spacial score (nSPS) is 22.6. The van der Waals surface area contributed by atoms with Gasteiger partial charge in [0, 0.05) is 0 Å². The van der Waals surface area contributed by atoms with Crippen molar-refractivity contribution < 1.29 is 9.53 Å². The maximum absolute atomic E-state index is 11.2. The van der Waals surface area contributed by atoms with Gasteiger partial charge in [-0.25, -0.2) is 0 Å². The van der Waals surface area contributed by atoms with Crippen LogP contribution in [0.4, 0.5) is 0 Å². The molecule has 1 saturated heterocycles. The van der Waals surface area contributed by atoms with E-state index in [1.807, 2.05) is 0 Å². The molecule has 1 heterocycles. The van der Waals surface area contributed by atoms with Crippen LogP contribution in [0, 0.1) is 5.92 Å². The van der Waals surface area contributed by atoms with Crippen LogP contribution >= 0.6 is 0 Å². The molecule has 0 amide bonds. The van der Waals surface area contributed by atoms with Crippen molar-refractivity contribution in [2.45, 2.75) is 46.0 Å². The van der Waals surface area contributed by atoms with Gasteiger partial charge in [-0.2, -0.15) is 0 Å². The summed E-state index contributed by atoms with van der Waals surface area (Å²) in [6.07, 6.45) is 7.67. The number of esters is 1. The van der Waals surface area contributed by atoms with Gasteiger partial charge in [0.1, 0.15) is 0 Å². The summed E-state index contributed by atoms with van der Waals surface area (Å²) in [5.41, 5.74) is 1.34. The zero-order valence-electron chi connectivity index (χ0n) is 9.21. The summed E-state index contributed by atoms with van der Waals surface area (Å²) in [4.78, 5) is 11.2. The molecule has 0 aromatic heterocycles. The van der Waals surface area contributed by atoms with Gasteiger partial charge in [-0.15, -0.1) is 0 Å². The average molecular weight is 196 g/mol. The minimum Gasteiger partial charge on any atom is -0.465 e. The van der Waals surface area contributed by atoms with Gasteiger partial charge in [-0.3, -0.25) is 4.79 Å². The fourth-order valence-electron chi connectivity index (χ4n) is 1.75. The molecular formula is C12H20O2. The molecule has 0 aromatic carbocycles. The summed E-state index contributed by atoms with van der Waals surface area (Å²) in [5, 5.41) is 0. The van der Waals surface area contributed by atoms with Crippen LogP contribution in [-0.4, -0.2) is 12.6 Å². The second-order valence-corrected chi connectivity index (χ2v) is 4.05. The van der Waals surface area contributed by atoms with Gasteiger partial charge in [0.2, 0.25) is 0 Å². The molecule has 1 aliphatic rings. The first-order chi connectivity index (χ1) is 6.74. The number of allylic oxidation sites excluding steroid dienone is 2. The summed E-state index contributed by atoms with van der Waals surface area (Å²) < 4.78 is 4.93. The van der Waals surface area contributed by atoms with Crippen molar-refractivity contribution in [2.75, 3.05) is 6.61 Å². The van der Waals surface area contributed by atoms with E-state index in [0.29, 0.717) is 6.61 Å². The molecule has 0 aliphatic carbocycles. The Bertz CT molecular complexity index is 218. The number of carbonyl (C=O) groups is 1. The van der Waals surface area contributed by atoms with Crippen LogP contribution in [0.15, 0.2) is 11.6 Å². The molecular weight excluding hydrogens is 176 g/mol. The molecule has 0 spiro atoms. The number of hydrogen-bond donors (Lipinski definition) is 0. The fourth-order valence-corrected chi connectivity index (χ4v) is 1.75. The smallest absolute Gasteiger partial charge is 0.309 e. The van der Waals surface area contributed by atoms with Crippen molar-refractivity contribution in [1.82, 2.24) is 0 Å². The molecule has 0 aromatic rings. The summed E-state index contributed by atoms with van der Waals surface area (Å²) in [6, 6.07) is 0. The van der Waals surface area contributed by atoms with Gasteiger partial charge in [0.25, 0.3) is 0 Å². The van der Waals surface area contributed by atoms with Crippen LogP contribution in [0.2, 0.25) is 0 Å². The minimum atomic E-state index is -0.00626. The topological polar surface area (TPSA) is 26.3 Å². The maximum atomic E-state index is 11.2. The van der Waals surface area contributed by atoms with Crippen molar-refractivity contribution in [2.24, 2.45) is 5.92 Å². The Morgan fingerprint density at radius 2 is 2.43 bits per heavy atom. The highest BCUT2D eigenvalue weighted by molar-refractivity contribution is 5.74. The molecule has 14 heavy (non-hydrogen) atoms. The summed E-state index contributed by atoms with van der Waals surface area (Å²) in [7, 11) is 0. The van der Waals surface area contributed by atoms with E-state index >= 15 is 0 Å². The van der Waals surface area contributed by atoms with Gasteiger partial charge >= 0.3 is 5.97 Å². The monoisotopic (exact) mass is 196 g/mol. The Morgan fingerprint density at radius 3 is 3.00 bits per heavy atom. The van der Waals surface area contributed by atoms with E-state index in [2.05, 4.69) is 19.9 Å². The highest BCUT2D eigenvalue weighted by Gasteiger charge is 2.25. The van der Waals surface area contributed by atoms with Gasteiger partial charge in [0.05, 0.1) is 12.5 Å². The zero-order chi connectivity index (χ0) is 10.4. The van der Waals surface area contributed by atoms with Gasteiger partial charge in [0.15, 0.2) is 0 Å². The Kier molecular flexibility index (Phi) is 4.71. The third-order valence-electron chi connectivity index (χ3n) is 2.66. The number of cyclic esters (lactones) is 1. The first kappa shape index (κ1) is 11.3. The molecule has 0 N–H and O–H groups in total. The number of carbonyl (C=O) groups excluding carboxylic acids is 1. The number of hydrogen-bond acceptors (Lipinski definition) is 2. The molecule has 0 bridgehead atoms. The zero-order valence-corrected chi connectivity index (χ0v) is 9.21. The van der Waals surface area contributed by atoms with Crippen molar-refractivity contribution in [3.8, 4) is 0 Å². The van der Waals surface area contributed by atoms with Gasteiger partial charge in [-0.05, 0) is 26.2 Å². The minimum absolute atomic E-state index is 0.00626. The van der Waals surface area contributed by atoms with Crippen molar-refractivity contribution in [3.63, 3.8) is 0 Å². The van der Waals surface area contributed by atoms with Crippen LogP contribution in [0.5, 0.6) is 0 Å². The molecule has 0 radical (unpaired) electrons. The van der Waals surface area contributed by atoms with E-state index in [1.165, 1.54) is 18.4 Å². The molecule has 1 aliphatic heterocycles. The predicted molar refractivity (Wildman–Crippen MR) is 57.0 cm³/mol. The molecule has 1 atom stereocenters. The molecule has 2 nitrogen and oxygen atoms in total. The van der Waals surface area contributed by atoms with E-state index in [1.54, 1.807) is 0 Å². The Hall–Kier alpha value is -0.790. The van der Waals surface area contributed by atoms with Crippen LogP contribution in [0.3, 0.4) is 0 Å². The van der Waals surface area contributed by atoms with E-state index in [0.717, 1.165) is 19.3 Å². The second-order valence-electron chi connectivity index (χ2n) is 4.05. The maximum Gasteiger partial charge on any atom is 0.309 e. The quantitative estimate of drug-likeness (QED) is 0.384. The SMILES string of the molecule is CCCC/C=C(\C)CC1CCOC1=O. The first-order valence-electron chi connectivity index (χ1n) is 5.56. The van der Waals surface area contributed by atoms with Gasteiger partial charge < -0.3 is 4.74 Å². The van der Waals surface area contributed by atoms with Crippen molar-refractivity contribution >= 4 is 5.97 Å². The first-order valence-corrected chi connectivity index (χ1v) is 5.56. The van der Waals surface area contributed by atoms with E-state index < -0.39 is 0 Å². The third-order valence-corrected chi connectivity index (χ3v) is 2.66. The lowest BCUT2D eigenvalue weighted by Gasteiger charge is -2.05. The molecule has 1 unspecified atom stereocenters. The van der Waals surface area contributed by atoms with Crippen LogP contribution in [-0.2, 0) is 9.53 Å². The molecule has 1 rings (SSSR count). The Labute approximate surface area is 86.3 Å². The van der Waals surface area contributed by atoms with Crippen molar-refractivity contribution in [3.05, 3.63) is 11.6 Å². The highest BCUT2D eigenvalue weighted by atomic mass is 16.5. The highest BCUT2D eigenvalue weighted by Crippen LogP contribution is 2.22. The lowest BCUT2D eigenvalue weighted by atomic mass is 9.98. The van der Waals surface area contributed by atoms with Crippen LogP contribution < -0.4 is 0 Å². The molecule has 80 valence electrons. The number of ether oxygens (including phenoxy) is 1. The van der Waals surface area contributed by atoms with Crippen molar-refractivity contribution in [1.29, 1.82) is 0 Å². The van der Waals surface area contributed by atoms with Crippen LogP contribution in [0.25, 0.3) is 0 Å². The molecule has 2 heteroatoms. The number of rotatable bonds is 5. The van der Waals surface area contributed by atoms with Crippen LogP contribution in [0.1, 0.15) is 46.0 Å². The van der Waals surface area contributed by atoms with Gasteiger partial charge in [-0.1, -0.05) is 31.4 Å². The Morgan fingerprint density at radius 1 is 1.64 bits per heavy atom. The Balaban J connectivity index is 2.28. The number of unbranched alkanes of at least 4 members (excludes halogenated alkanes) is 2. The lowest BCUT2D eigenvalue weighted by molar-refractivity contribution is -0.141.